The van der Waals surface area contributed by atoms with E-state index in [1.54, 1.807) is 14.2 Å². The summed E-state index contributed by atoms with van der Waals surface area (Å²) in [6, 6.07) is 5.76. The molecule has 0 amide bonds. The summed E-state index contributed by atoms with van der Waals surface area (Å²) in [7, 11) is 3.20. The fraction of sp³-hybridized carbons (Fsp3) is 0.636. The third-order valence-corrected chi connectivity index (χ3v) is 4.52. The van der Waals surface area contributed by atoms with E-state index in [2.05, 4.69) is 6.92 Å². The van der Waals surface area contributed by atoms with Gasteiger partial charge in [-0.3, -0.25) is 9.59 Å². The topological polar surface area (TPSA) is 71.1 Å². The maximum Gasteiger partial charge on any atom is 0.302 e. The summed E-state index contributed by atoms with van der Waals surface area (Å²) >= 11 is 0. The van der Waals surface area contributed by atoms with Gasteiger partial charge in [-0.05, 0) is 43.4 Å². The minimum absolute atomic E-state index is 0.237. The molecule has 0 N–H and O–H groups in total. The number of unbranched alkanes of at least 4 members (excludes halogenated alkanes) is 2. The second kappa shape index (κ2) is 13.0. The molecule has 0 aromatic heterocycles. The summed E-state index contributed by atoms with van der Waals surface area (Å²) in [5.41, 5.74) is 1.06. The van der Waals surface area contributed by atoms with Gasteiger partial charge in [-0.15, -0.1) is 0 Å². The fourth-order valence-electron chi connectivity index (χ4n) is 3.20. The van der Waals surface area contributed by atoms with Crippen LogP contribution in [0.4, 0.5) is 0 Å². The first-order chi connectivity index (χ1) is 13.4. The maximum atomic E-state index is 11.5. The van der Waals surface area contributed by atoms with Crippen LogP contribution in [0.5, 0.6) is 11.5 Å². The van der Waals surface area contributed by atoms with Crippen LogP contribution in [0.2, 0.25) is 0 Å². The summed E-state index contributed by atoms with van der Waals surface area (Å²) in [5.74, 6) is 0.713. The van der Waals surface area contributed by atoms with Crippen molar-refractivity contribution in [3.63, 3.8) is 0 Å². The highest BCUT2D eigenvalue weighted by Gasteiger charge is 2.21. The van der Waals surface area contributed by atoms with Gasteiger partial charge in [0, 0.05) is 20.3 Å². The van der Waals surface area contributed by atoms with E-state index in [0.717, 1.165) is 31.2 Å². The number of hydrogen-bond acceptors (Lipinski definition) is 6. The molecule has 1 aromatic carbocycles. The van der Waals surface area contributed by atoms with Gasteiger partial charge in [-0.25, -0.2) is 0 Å². The first-order valence-electron chi connectivity index (χ1n) is 9.94. The van der Waals surface area contributed by atoms with Gasteiger partial charge < -0.3 is 18.9 Å². The minimum Gasteiger partial charge on any atom is -0.493 e. The molecule has 0 bridgehead atoms. The number of methoxy groups -OCH3 is 2. The van der Waals surface area contributed by atoms with Crippen molar-refractivity contribution in [2.45, 2.75) is 77.9 Å². The Hall–Kier alpha value is -2.24. The normalized spacial score (nSPS) is 12.8. The van der Waals surface area contributed by atoms with Crippen LogP contribution in [0.3, 0.4) is 0 Å². The van der Waals surface area contributed by atoms with E-state index in [9.17, 15) is 9.59 Å². The average molecular weight is 395 g/mol. The van der Waals surface area contributed by atoms with E-state index >= 15 is 0 Å². The Bertz CT molecular complexity index is 613. The van der Waals surface area contributed by atoms with Gasteiger partial charge in [0.15, 0.2) is 11.5 Å². The highest BCUT2D eigenvalue weighted by atomic mass is 16.6. The first-order valence-corrected chi connectivity index (χ1v) is 9.94. The summed E-state index contributed by atoms with van der Waals surface area (Å²) in [4.78, 5) is 23.0. The van der Waals surface area contributed by atoms with Crippen molar-refractivity contribution in [2.75, 3.05) is 14.2 Å². The van der Waals surface area contributed by atoms with Gasteiger partial charge in [-0.1, -0.05) is 25.8 Å². The molecule has 1 rings (SSSR count). The van der Waals surface area contributed by atoms with Crippen molar-refractivity contribution < 1.29 is 28.5 Å². The Morgan fingerprint density at radius 1 is 0.893 bits per heavy atom. The number of esters is 2. The lowest BCUT2D eigenvalue weighted by Crippen LogP contribution is -2.27. The summed E-state index contributed by atoms with van der Waals surface area (Å²) in [6.07, 6.45) is 5.26. The maximum absolute atomic E-state index is 11.5. The molecule has 0 saturated carbocycles. The van der Waals surface area contributed by atoms with Crippen LogP contribution in [0.15, 0.2) is 18.2 Å². The molecular formula is C22H34O6. The summed E-state index contributed by atoms with van der Waals surface area (Å²) in [5, 5.41) is 0. The molecule has 0 saturated heterocycles. The van der Waals surface area contributed by atoms with Crippen LogP contribution in [-0.2, 0) is 25.5 Å². The second-order valence-electron chi connectivity index (χ2n) is 6.92. The lowest BCUT2D eigenvalue weighted by molar-refractivity contribution is -0.153. The van der Waals surface area contributed by atoms with Crippen molar-refractivity contribution in [1.82, 2.24) is 0 Å². The van der Waals surface area contributed by atoms with Crippen molar-refractivity contribution in [1.29, 1.82) is 0 Å². The predicted molar refractivity (Wildman–Crippen MR) is 108 cm³/mol. The first kappa shape index (κ1) is 23.8. The van der Waals surface area contributed by atoms with Crippen LogP contribution >= 0.6 is 0 Å². The molecule has 6 nitrogen and oxygen atoms in total. The number of hydrogen-bond donors (Lipinski definition) is 0. The monoisotopic (exact) mass is 394 g/mol. The van der Waals surface area contributed by atoms with Gasteiger partial charge in [0.1, 0.15) is 12.2 Å². The number of aryl methyl sites for hydroxylation is 1. The van der Waals surface area contributed by atoms with E-state index in [4.69, 9.17) is 18.9 Å². The quantitative estimate of drug-likeness (QED) is 0.363. The number of carbonyl (C=O) groups excluding carboxylic acids is 2. The van der Waals surface area contributed by atoms with Gasteiger partial charge >= 0.3 is 11.9 Å². The zero-order chi connectivity index (χ0) is 20.9. The molecule has 0 aliphatic carbocycles. The largest absolute Gasteiger partial charge is 0.493 e. The van der Waals surface area contributed by atoms with E-state index in [0.29, 0.717) is 30.8 Å². The zero-order valence-corrected chi connectivity index (χ0v) is 17.8. The molecule has 0 radical (unpaired) electrons. The van der Waals surface area contributed by atoms with E-state index in [1.807, 2.05) is 18.2 Å². The van der Waals surface area contributed by atoms with E-state index in [1.165, 1.54) is 13.8 Å². The Morgan fingerprint density at radius 3 is 2.04 bits per heavy atom. The Labute approximate surface area is 168 Å². The molecule has 6 heteroatoms. The van der Waals surface area contributed by atoms with Gasteiger partial charge in [-0.2, -0.15) is 0 Å². The van der Waals surface area contributed by atoms with Crippen LogP contribution in [0.25, 0.3) is 0 Å². The zero-order valence-electron chi connectivity index (χ0n) is 17.8. The van der Waals surface area contributed by atoms with Crippen LogP contribution < -0.4 is 9.47 Å². The smallest absolute Gasteiger partial charge is 0.302 e. The molecule has 0 unspecified atom stereocenters. The highest BCUT2D eigenvalue weighted by molar-refractivity contribution is 5.66. The summed E-state index contributed by atoms with van der Waals surface area (Å²) < 4.78 is 21.6. The number of rotatable bonds is 13. The van der Waals surface area contributed by atoms with Crippen molar-refractivity contribution in [3.05, 3.63) is 23.8 Å². The molecule has 158 valence electrons. The third kappa shape index (κ3) is 9.11. The highest BCUT2D eigenvalue weighted by Crippen LogP contribution is 2.28. The standard InChI is InChI=1S/C22H34O6/c1-6-7-8-9-19(27-16(2)23)15-20(28-17(3)24)12-10-18-11-13-21(25-4)22(14-18)26-5/h11,13-14,19-20H,6-10,12,15H2,1-5H3/t19-,20+/m1/s1. The minimum atomic E-state index is -0.326. The van der Waals surface area contributed by atoms with E-state index in [-0.39, 0.29) is 24.1 Å². The molecule has 1 aromatic rings. The second-order valence-corrected chi connectivity index (χ2v) is 6.92. The fourth-order valence-corrected chi connectivity index (χ4v) is 3.20. The van der Waals surface area contributed by atoms with Crippen LogP contribution in [0.1, 0.15) is 64.9 Å². The average Bonchev–Trinajstić information content (AvgIpc) is 2.65. The molecule has 2 atom stereocenters. The van der Waals surface area contributed by atoms with Crippen molar-refractivity contribution >= 4 is 11.9 Å². The molecule has 0 heterocycles. The molecule has 0 spiro atoms. The van der Waals surface area contributed by atoms with Crippen LogP contribution in [0, 0.1) is 0 Å². The molecule has 0 fully saturated rings. The van der Waals surface area contributed by atoms with Crippen molar-refractivity contribution in [3.8, 4) is 11.5 Å². The Kier molecular flexibility index (Phi) is 11.1. The van der Waals surface area contributed by atoms with Gasteiger partial charge in [0.2, 0.25) is 0 Å². The SMILES string of the molecule is CCCCC[C@H](C[C@H](CCc1ccc(OC)c(OC)c1)OC(C)=O)OC(C)=O. The molecular weight excluding hydrogens is 360 g/mol. The molecule has 0 aliphatic rings. The lowest BCUT2D eigenvalue weighted by Gasteiger charge is -2.23. The van der Waals surface area contributed by atoms with Crippen LogP contribution in [-0.4, -0.2) is 38.4 Å². The lowest BCUT2D eigenvalue weighted by atomic mass is 9.99. The van der Waals surface area contributed by atoms with Crippen molar-refractivity contribution in [2.24, 2.45) is 0 Å². The Morgan fingerprint density at radius 2 is 1.50 bits per heavy atom. The molecule has 0 aliphatic heterocycles. The van der Waals surface area contributed by atoms with Gasteiger partial charge in [0.25, 0.3) is 0 Å². The number of carbonyl (C=O) groups is 2. The number of benzene rings is 1. The third-order valence-electron chi connectivity index (χ3n) is 4.52. The van der Waals surface area contributed by atoms with E-state index < -0.39 is 0 Å². The predicted octanol–water partition coefficient (Wildman–Crippen LogP) is 4.47. The van der Waals surface area contributed by atoms with Gasteiger partial charge in [0.05, 0.1) is 14.2 Å². The summed E-state index contributed by atoms with van der Waals surface area (Å²) in [6.45, 7) is 4.95. The molecule has 28 heavy (non-hydrogen) atoms. The Balaban J connectivity index is 2.77. The number of ether oxygens (including phenoxy) is 4.